The van der Waals surface area contributed by atoms with Gasteiger partial charge in [-0.1, -0.05) is 12.1 Å². The number of hydrogen-bond donors (Lipinski definition) is 2. The van der Waals surface area contributed by atoms with Crippen molar-refractivity contribution in [3.63, 3.8) is 0 Å². The number of anilines is 2. The Balaban J connectivity index is 2.05. The summed E-state index contributed by atoms with van der Waals surface area (Å²) in [6, 6.07) is 11.7. The molecular weight excluding hydrogens is 279 g/mol. The molecule has 6 heteroatoms. The zero-order valence-electron chi connectivity index (χ0n) is 10.9. The molecule has 0 amide bonds. The van der Waals surface area contributed by atoms with Gasteiger partial charge in [0.1, 0.15) is 0 Å². The lowest BCUT2D eigenvalue weighted by Gasteiger charge is -2.11. The van der Waals surface area contributed by atoms with Crippen LogP contribution in [0.2, 0.25) is 0 Å². The molecule has 0 bridgehead atoms. The first-order chi connectivity index (χ1) is 9.90. The van der Waals surface area contributed by atoms with E-state index in [0.29, 0.717) is 29.0 Å². The maximum Gasteiger partial charge on any atom is 0.416 e. The van der Waals surface area contributed by atoms with Gasteiger partial charge in [0.15, 0.2) is 0 Å². The van der Waals surface area contributed by atoms with Crippen LogP contribution in [0.4, 0.5) is 24.5 Å². The second kappa shape index (κ2) is 5.75. The van der Waals surface area contributed by atoms with Crippen LogP contribution < -0.4 is 11.1 Å². The number of nitrogens with zero attached hydrogens (tertiary/aromatic N) is 1. The van der Waals surface area contributed by atoms with Crippen molar-refractivity contribution in [2.24, 2.45) is 0 Å². The molecule has 0 saturated carbocycles. The van der Waals surface area contributed by atoms with Gasteiger partial charge in [0.25, 0.3) is 0 Å². The second-order valence-electron chi connectivity index (χ2n) is 4.46. The van der Waals surface area contributed by atoms with Gasteiger partial charge >= 0.3 is 6.18 Å². The summed E-state index contributed by atoms with van der Waals surface area (Å²) in [7, 11) is 0. The highest BCUT2D eigenvalue weighted by Crippen LogP contribution is 2.29. The highest BCUT2D eigenvalue weighted by atomic mass is 19.4. The van der Waals surface area contributed by atoms with Gasteiger partial charge < -0.3 is 11.1 Å². The van der Waals surface area contributed by atoms with E-state index in [2.05, 4.69) is 5.32 Å². The number of nitriles is 1. The van der Waals surface area contributed by atoms with Crippen LogP contribution in [0, 0.1) is 11.3 Å². The zero-order valence-corrected chi connectivity index (χ0v) is 10.9. The molecule has 0 aliphatic rings. The highest BCUT2D eigenvalue weighted by molar-refractivity contribution is 5.68. The smallest absolute Gasteiger partial charge is 0.397 e. The van der Waals surface area contributed by atoms with Crippen LogP contribution in [0.1, 0.15) is 16.7 Å². The Labute approximate surface area is 119 Å². The zero-order chi connectivity index (χ0) is 15.5. The minimum absolute atomic E-state index is 0.342. The maximum atomic E-state index is 12.4. The van der Waals surface area contributed by atoms with Gasteiger partial charge in [0.05, 0.1) is 28.6 Å². The lowest BCUT2D eigenvalue weighted by molar-refractivity contribution is -0.137. The first kappa shape index (κ1) is 14.7. The van der Waals surface area contributed by atoms with Crippen LogP contribution in [-0.4, -0.2) is 0 Å². The molecule has 0 unspecified atom stereocenters. The van der Waals surface area contributed by atoms with E-state index in [-0.39, 0.29) is 0 Å². The molecule has 0 radical (unpaired) electrons. The number of nitrogen functional groups attached to an aromatic ring is 1. The van der Waals surface area contributed by atoms with Crippen LogP contribution in [0.25, 0.3) is 0 Å². The fraction of sp³-hybridized carbons (Fsp3) is 0.133. The van der Waals surface area contributed by atoms with E-state index in [4.69, 9.17) is 11.0 Å². The number of alkyl halides is 3. The van der Waals surface area contributed by atoms with Crippen molar-refractivity contribution >= 4 is 11.4 Å². The quantitative estimate of drug-likeness (QED) is 0.846. The number of benzene rings is 2. The van der Waals surface area contributed by atoms with E-state index >= 15 is 0 Å². The van der Waals surface area contributed by atoms with Crippen molar-refractivity contribution in [3.05, 3.63) is 59.2 Å². The van der Waals surface area contributed by atoms with Crippen LogP contribution in [0.5, 0.6) is 0 Å². The predicted octanol–water partition coefficient (Wildman–Crippen LogP) is 3.77. The topological polar surface area (TPSA) is 61.8 Å². The summed E-state index contributed by atoms with van der Waals surface area (Å²) in [6.45, 7) is 0.342. The number of nitrogens with one attached hydrogen (secondary N) is 1. The van der Waals surface area contributed by atoms with Gasteiger partial charge in [-0.3, -0.25) is 0 Å². The summed E-state index contributed by atoms with van der Waals surface area (Å²) < 4.78 is 37.3. The Morgan fingerprint density at radius 3 is 2.29 bits per heavy atom. The number of halogens is 3. The fourth-order valence-corrected chi connectivity index (χ4v) is 1.80. The van der Waals surface area contributed by atoms with E-state index in [1.54, 1.807) is 12.1 Å². The molecule has 2 aromatic rings. The summed E-state index contributed by atoms with van der Waals surface area (Å²) in [6.07, 6.45) is -4.33. The lowest BCUT2D eigenvalue weighted by atomic mass is 10.1. The monoisotopic (exact) mass is 291 g/mol. The fourth-order valence-electron chi connectivity index (χ4n) is 1.80. The number of rotatable bonds is 3. The predicted molar refractivity (Wildman–Crippen MR) is 74.3 cm³/mol. The van der Waals surface area contributed by atoms with Crippen molar-refractivity contribution in [1.82, 2.24) is 0 Å². The summed E-state index contributed by atoms with van der Waals surface area (Å²) >= 11 is 0. The van der Waals surface area contributed by atoms with E-state index in [1.807, 2.05) is 6.07 Å². The van der Waals surface area contributed by atoms with Crippen molar-refractivity contribution in [2.75, 3.05) is 11.1 Å². The second-order valence-corrected chi connectivity index (χ2v) is 4.46. The highest BCUT2D eigenvalue weighted by Gasteiger charge is 2.29. The van der Waals surface area contributed by atoms with Gasteiger partial charge in [-0.25, -0.2) is 0 Å². The maximum absolute atomic E-state index is 12.4. The van der Waals surface area contributed by atoms with Gasteiger partial charge in [-0.2, -0.15) is 18.4 Å². The van der Waals surface area contributed by atoms with Crippen LogP contribution >= 0.6 is 0 Å². The Kier molecular flexibility index (Phi) is 4.03. The molecule has 0 heterocycles. The minimum Gasteiger partial charge on any atom is -0.397 e. The Morgan fingerprint density at radius 2 is 1.76 bits per heavy atom. The van der Waals surface area contributed by atoms with E-state index in [9.17, 15) is 13.2 Å². The van der Waals surface area contributed by atoms with E-state index in [0.717, 1.165) is 12.1 Å². The average molecular weight is 291 g/mol. The number of nitrogens with two attached hydrogens (primary N) is 1. The minimum atomic E-state index is -4.33. The molecule has 0 spiro atoms. The Morgan fingerprint density at radius 1 is 1.10 bits per heavy atom. The summed E-state index contributed by atoms with van der Waals surface area (Å²) in [4.78, 5) is 0. The molecule has 108 valence electrons. The molecule has 0 aliphatic carbocycles. The van der Waals surface area contributed by atoms with Crippen molar-refractivity contribution in [3.8, 4) is 6.07 Å². The molecule has 21 heavy (non-hydrogen) atoms. The molecule has 2 rings (SSSR count). The Hall–Kier alpha value is -2.68. The number of hydrogen-bond acceptors (Lipinski definition) is 3. The van der Waals surface area contributed by atoms with Crippen molar-refractivity contribution in [2.45, 2.75) is 12.7 Å². The van der Waals surface area contributed by atoms with Crippen LogP contribution in [0.15, 0.2) is 42.5 Å². The molecule has 2 aromatic carbocycles. The van der Waals surface area contributed by atoms with E-state index < -0.39 is 11.7 Å². The first-order valence-corrected chi connectivity index (χ1v) is 6.10. The summed E-state index contributed by atoms with van der Waals surface area (Å²) in [5.41, 5.74) is 7.31. The lowest BCUT2D eigenvalue weighted by Crippen LogP contribution is -2.06. The molecule has 0 aromatic heterocycles. The molecule has 3 nitrogen and oxygen atoms in total. The third kappa shape index (κ3) is 3.66. The van der Waals surface area contributed by atoms with E-state index in [1.165, 1.54) is 18.2 Å². The third-order valence-corrected chi connectivity index (χ3v) is 2.94. The van der Waals surface area contributed by atoms with Crippen molar-refractivity contribution in [1.29, 1.82) is 5.26 Å². The van der Waals surface area contributed by atoms with Crippen molar-refractivity contribution < 1.29 is 13.2 Å². The molecule has 3 N–H and O–H groups in total. The standard InChI is InChI=1S/C15H12F3N3/c16-15(17,18)12-4-1-10(2-5-12)9-21-14-6-3-11(8-19)7-13(14)20/h1-7,21H,9,20H2. The van der Waals surface area contributed by atoms with Gasteiger partial charge in [0.2, 0.25) is 0 Å². The Bertz CT molecular complexity index is 670. The molecule has 0 aliphatic heterocycles. The SMILES string of the molecule is N#Cc1ccc(NCc2ccc(C(F)(F)F)cc2)c(N)c1. The first-order valence-electron chi connectivity index (χ1n) is 6.10. The summed E-state index contributed by atoms with van der Waals surface area (Å²) in [5.74, 6) is 0. The third-order valence-electron chi connectivity index (χ3n) is 2.94. The normalized spacial score (nSPS) is 11.0. The average Bonchev–Trinajstić information content (AvgIpc) is 2.45. The van der Waals surface area contributed by atoms with Gasteiger partial charge in [-0.05, 0) is 35.9 Å². The molecule has 0 fully saturated rings. The molecular formula is C15H12F3N3. The van der Waals surface area contributed by atoms with Crippen LogP contribution in [0.3, 0.4) is 0 Å². The molecule has 0 saturated heterocycles. The van der Waals surface area contributed by atoms with Gasteiger partial charge in [-0.15, -0.1) is 0 Å². The van der Waals surface area contributed by atoms with Gasteiger partial charge in [0, 0.05) is 6.54 Å². The van der Waals surface area contributed by atoms with Crippen LogP contribution in [-0.2, 0) is 12.7 Å². The molecule has 0 atom stereocenters. The summed E-state index contributed by atoms with van der Waals surface area (Å²) in [5, 5.41) is 11.8. The largest absolute Gasteiger partial charge is 0.416 e.